The third-order valence-corrected chi connectivity index (χ3v) is 2.04. The molecule has 0 heterocycles. The van der Waals surface area contributed by atoms with Crippen molar-refractivity contribution in [1.29, 1.82) is 0 Å². The van der Waals surface area contributed by atoms with Gasteiger partial charge in [0.15, 0.2) is 0 Å². The number of ether oxygens (including phenoxy) is 1. The van der Waals surface area contributed by atoms with Crippen molar-refractivity contribution >= 4 is 0 Å². The number of hydrogen-bond acceptors (Lipinski definition) is 1. The molecule has 1 aromatic rings. The van der Waals surface area contributed by atoms with Crippen molar-refractivity contribution in [3.05, 3.63) is 48.0 Å². The maximum atomic E-state index is 5.59. The van der Waals surface area contributed by atoms with E-state index in [0.717, 1.165) is 5.57 Å². The molecule has 0 unspecified atom stereocenters. The summed E-state index contributed by atoms with van der Waals surface area (Å²) in [5.41, 5.74) is 2.27. The Hall–Kier alpha value is -1.08. The molecule has 0 aromatic heterocycles. The van der Waals surface area contributed by atoms with Crippen molar-refractivity contribution in [2.45, 2.75) is 26.6 Å². The van der Waals surface area contributed by atoms with Gasteiger partial charge in [0.05, 0.1) is 12.7 Å². The quantitative estimate of drug-likeness (QED) is 0.640. The Bertz CT molecular complexity index is 264. The van der Waals surface area contributed by atoms with E-state index in [4.69, 9.17) is 4.74 Å². The lowest BCUT2D eigenvalue weighted by atomic mass is 10.2. The first kappa shape index (κ1) is 10.0. The molecule has 0 spiro atoms. The van der Waals surface area contributed by atoms with Crippen LogP contribution in [0.25, 0.3) is 0 Å². The Morgan fingerprint density at radius 1 is 1.38 bits per heavy atom. The van der Waals surface area contributed by atoms with Crippen LogP contribution < -0.4 is 0 Å². The van der Waals surface area contributed by atoms with E-state index in [-0.39, 0.29) is 6.10 Å². The minimum absolute atomic E-state index is 0.139. The van der Waals surface area contributed by atoms with Gasteiger partial charge in [0.25, 0.3) is 0 Å². The highest BCUT2D eigenvalue weighted by Gasteiger charge is 2.01. The summed E-state index contributed by atoms with van der Waals surface area (Å²) in [5.74, 6) is 0. The molecule has 0 aliphatic carbocycles. The first-order chi connectivity index (χ1) is 6.20. The molecule has 0 radical (unpaired) electrons. The fraction of sp³-hybridized carbons (Fsp3) is 0.333. The van der Waals surface area contributed by atoms with E-state index in [9.17, 15) is 0 Å². The summed E-state index contributed by atoms with van der Waals surface area (Å²) >= 11 is 0. The van der Waals surface area contributed by atoms with E-state index in [1.54, 1.807) is 0 Å². The number of rotatable bonds is 4. The standard InChI is InChI=1S/C12H16O/c1-10(2)11(3)13-9-12-7-5-4-6-8-12/h4-8,11H,1,9H2,2-3H3/t11-/m1/s1. The molecule has 0 aliphatic rings. The third kappa shape index (κ3) is 3.43. The van der Waals surface area contributed by atoms with E-state index < -0.39 is 0 Å². The van der Waals surface area contributed by atoms with Crippen molar-refractivity contribution < 1.29 is 4.74 Å². The van der Waals surface area contributed by atoms with Gasteiger partial charge in [-0.05, 0) is 19.4 Å². The van der Waals surface area contributed by atoms with E-state index in [0.29, 0.717) is 6.61 Å². The van der Waals surface area contributed by atoms with Gasteiger partial charge in [0.1, 0.15) is 0 Å². The van der Waals surface area contributed by atoms with Gasteiger partial charge in [-0.2, -0.15) is 0 Å². The first-order valence-corrected chi connectivity index (χ1v) is 4.51. The van der Waals surface area contributed by atoms with Crippen molar-refractivity contribution in [3.63, 3.8) is 0 Å². The van der Waals surface area contributed by atoms with Crippen molar-refractivity contribution in [3.8, 4) is 0 Å². The van der Waals surface area contributed by atoms with E-state index in [2.05, 4.69) is 18.7 Å². The van der Waals surface area contributed by atoms with Crippen molar-refractivity contribution in [2.24, 2.45) is 0 Å². The van der Waals surface area contributed by atoms with Crippen LogP contribution in [0.2, 0.25) is 0 Å². The van der Waals surface area contributed by atoms with Crippen LogP contribution >= 0.6 is 0 Å². The summed E-state index contributed by atoms with van der Waals surface area (Å²) in [6, 6.07) is 10.2. The molecule has 1 atom stereocenters. The molecule has 0 saturated carbocycles. The van der Waals surface area contributed by atoms with Crippen LogP contribution in [-0.4, -0.2) is 6.10 Å². The van der Waals surface area contributed by atoms with Crippen LogP contribution in [-0.2, 0) is 11.3 Å². The fourth-order valence-electron chi connectivity index (χ4n) is 0.938. The first-order valence-electron chi connectivity index (χ1n) is 4.51. The topological polar surface area (TPSA) is 9.23 Å². The molecule has 1 nitrogen and oxygen atoms in total. The van der Waals surface area contributed by atoms with Crippen LogP contribution in [0.1, 0.15) is 19.4 Å². The molecular weight excluding hydrogens is 160 g/mol. The predicted octanol–water partition coefficient (Wildman–Crippen LogP) is 3.17. The highest BCUT2D eigenvalue weighted by Crippen LogP contribution is 2.07. The summed E-state index contributed by atoms with van der Waals surface area (Å²) < 4.78 is 5.59. The Labute approximate surface area is 80.0 Å². The normalized spacial score (nSPS) is 12.5. The third-order valence-electron chi connectivity index (χ3n) is 2.04. The summed E-state index contributed by atoms with van der Waals surface area (Å²) in [6.07, 6.45) is 0.139. The maximum absolute atomic E-state index is 5.59. The highest BCUT2D eigenvalue weighted by molar-refractivity contribution is 5.13. The Morgan fingerprint density at radius 2 is 2.00 bits per heavy atom. The minimum Gasteiger partial charge on any atom is -0.370 e. The fourth-order valence-corrected chi connectivity index (χ4v) is 0.938. The van der Waals surface area contributed by atoms with Gasteiger partial charge in [-0.15, -0.1) is 0 Å². The molecule has 0 fully saturated rings. The van der Waals surface area contributed by atoms with Gasteiger partial charge in [-0.1, -0.05) is 42.5 Å². The Balaban J connectivity index is 2.39. The van der Waals surface area contributed by atoms with Crippen molar-refractivity contribution in [1.82, 2.24) is 0 Å². The summed E-state index contributed by atoms with van der Waals surface area (Å²) in [4.78, 5) is 0. The molecule has 1 aromatic carbocycles. The summed E-state index contributed by atoms with van der Waals surface area (Å²) in [6.45, 7) is 8.50. The van der Waals surface area contributed by atoms with E-state index in [1.807, 2.05) is 32.0 Å². The van der Waals surface area contributed by atoms with Crippen LogP contribution in [0.3, 0.4) is 0 Å². The van der Waals surface area contributed by atoms with Gasteiger partial charge in [0, 0.05) is 0 Å². The molecule has 0 aliphatic heterocycles. The lowest BCUT2D eigenvalue weighted by Crippen LogP contribution is -2.08. The van der Waals surface area contributed by atoms with Gasteiger partial charge >= 0.3 is 0 Å². The minimum atomic E-state index is 0.139. The Morgan fingerprint density at radius 3 is 2.54 bits per heavy atom. The average molecular weight is 176 g/mol. The molecule has 1 heteroatoms. The molecule has 0 amide bonds. The van der Waals surface area contributed by atoms with E-state index in [1.165, 1.54) is 5.56 Å². The van der Waals surface area contributed by atoms with Gasteiger partial charge in [-0.3, -0.25) is 0 Å². The number of benzene rings is 1. The molecule has 0 bridgehead atoms. The van der Waals surface area contributed by atoms with Crippen LogP contribution in [0.15, 0.2) is 42.5 Å². The smallest absolute Gasteiger partial charge is 0.0756 e. The lowest BCUT2D eigenvalue weighted by Gasteiger charge is -2.12. The molecule has 0 N–H and O–H groups in total. The molecule has 13 heavy (non-hydrogen) atoms. The predicted molar refractivity (Wildman–Crippen MR) is 55.5 cm³/mol. The second-order valence-electron chi connectivity index (χ2n) is 3.29. The zero-order chi connectivity index (χ0) is 9.68. The maximum Gasteiger partial charge on any atom is 0.0756 e. The van der Waals surface area contributed by atoms with Gasteiger partial charge < -0.3 is 4.74 Å². The van der Waals surface area contributed by atoms with Gasteiger partial charge in [-0.25, -0.2) is 0 Å². The van der Waals surface area contributed by atoms with Crippen LogP contribution in [0.5, 0.6) is 0 Å². The molecule has 1 rings (SSSR count). The second-order valence-corrected chi connectivity index (χ2v) is 3.29. The molecular formula is C12H16O. The SMILES string of the molecule is C=C(C)[C@@H](C)OCc1ccccc1. The number of hydrogen-bond donors (Lipinski definition) is 0. The average Bonchev–Trinajstić information content (AvgIpc) is 2.15. The highest BCUT2D eigenvalue weighted by atomic mass is 16.5. The van der Waals surface area contributed by atoms with Crippen molar-refractivity contribution in [2.75, 3.05) is 0 Å². The summed E-state index contributed by atoms with van der Waals surface area (Å²) in [5, 5.41) is 0. The largest absolute Gasteiger partial charge is 0.370 e. The Kier molecular flexibility index (Phi) is 3.71. The zero-order valence-corrected chi connectivity index (χ0v) is 8.29. The second kappa shape index (κ2) is 4.83. The monoisotopic (exact) mass is 176 g/mol. The van der Waals surface area contributed by atoms with Gasteiger partial charge in [0.2, 0.25) is 0 Å². The molecule has 70 valence electrons. The zero-order valence-electron chi connectivity index (χ0n) is 8.29. The van der Waals surface area contributed by atoms with Crippen LogP contribution in [0, 0.1) is 0 Å². The van der Waals surface area contributed by atoms with E-state index >= 15 is 0 Å². The summed E-state index contributed by atoms with van der Waals surface area (Å²) in [7, 11) is 0. The molecule has 0 saturated heterocycles. The lowest BCUT2D eigenvalue weighted by molar-refractivity contribution is 0.0769. The van der Waals surface area contributed by atoms with Crippen LogP contribution in [0.4, 0.5) is 0 Å².